The predicted octanol–water partition coefficient (Wildman–Crippen LogP) is 3.75. The van der Waals surface area contributed by atoms with Gasteiger partial charge in [0.05, 0.1) is 12.2 Å². The van der Waals surface area contributed by atoms with Gasteiger partial charge in [-0.25, -0.2) is 0 Å². The third-order valence-corrected chi connectivity index (χ3v) is 8.55. The van der Waals surface area contributed by atoms with Crippen LogP contribution in [0.25, 0.3) is 0 Å². The van der Waals surface area contributed by atoms with Crippen molar-refractivity contribution in [3.63, 3.8) is 0 Å². The lowest BCUT2D eigenvalue weighted by Gasteiger charge is -2.61. The summed E-state index contributed by atoms with van der Waals surface area (Å²) in [6.07, 6.45) is 11.4. The second-order valence-corrected chi connectivity index (χ2v) is 9.35. The van der Waals surface area contributed by atoms with Crippen LogP contribution in [0.4, 0.5) is 0 Å². The quantitative estimate of drug-likeness (QED) is 0.772. The van der Waals surface area contributed by atoms with Crippen LogP contribution >= 0.6 is 0 Å². The first-order valence-corrected chi connectivity index (χ1v) is 9.27. The van der Waals surface area contributed by atoms with Crippen LogP contribution in [0.1, 0.15) is 71.6 Å². The van der Waals surface area contributed by atoms with E-state index in [4.69, 9.17) is 0 Å². The van der Waals surface area contributed by atoms with Crippen LogP contribution in [-0.2, 0) is 0 Å². The summed E-state index contributed by atoms with van der Waals surface area (Å²) < 4.78 is 0. The maximum Gasteiger partial charge on any atom is 0.0910 e. The van der Waals surface area contributed by atoms with E-state index in [9.17, 15) is 10.2 Å². The lowest BCUT2D eigenvalue weighted by Crippen LogP contribution is -2.53. The lowest BCUT2D eigenvalue weighted by molar-refractivity contribution is -0.121. The van der Waals surface area contributed by atoms with Gasteiger partial charge in [-0.15, -0.1) is 0 Å². The standard InChI is InChI=1S/C19H32O2/c1-13-4-3-8-17(2)15(13)7-9-18-10-14(5-6-16(17)18)19(21,11-18)12-20/h13-16,20-21H,3-12H2,1-2H3/t13-,14-,15+,16-,17+,18+,19+/m1/s1. The Morgan fingerprint density at radius 3 is 2.67 bits per heavy atom. The molecule has 0 aromatic carbocycles. The molecule has 2 heteroatoms. The van der Waals surface area contributed by atoms with Crippen LogP contribution in [0.15, 0.2) is 0 Å². The van der Waals surface area contributed by atoms with Gasteiger partial charge in [0.2, 0.25) is 0 Å². The van der Waals surface area contributed by atoms with E-state index < -0.39 is 5.60 Å². The Balaban J connectivity index is 1.70. The molecule has 0 heterocycles. The minimum Gasteiger partial charge on any atom is -0.393 e. The lowest BCUT2D eigenvalue weighted by atomic mass is 9.43. The minimum atomic E-state index is -0.766. The summed E-state index contributed by atoms with van der Waals surface area (Å²) in [7, 11) is 0. The fraction of sp³-hybridized carbons (Fsp3) is 1.00. The van der Waals surface area contributed by atoms with E-state index in [-0.39, 0.29) is 6.61 Å². The summed E-state index contributed by atoms with van der Waals surface area (Å²) in [6, 6.07) is 0. The van der Waals surface area contributed by atoms with Crippen molar-refractivity contribution in [3.05, 3.63) is 0 Å². The van der Waals surface area contributed by atoms with Crippen molar-refractivity contribution in [2.45, 2.75) is 77.2 Å². The van der Waals surface area contributed by atoms with Gasteiger partial charge in [0, 0.05) is 0 Å². The van der Waals surface area contributed by atoms with Crippen molar-refractivity contribution in [3.8, 4) is 0 Å². The number of hydrogen-bond donors (Lipinski definition) is 2. The molecule has 4 fully saturated rings. The van der Waals surface area contributed by atoms with Crippen molar-refractivity contribution in [1.29, 1.82) is 0 Å². The second kappa shape index (κ2) is 4.47. The molecule has 0 amide bonds. The van der Waals surface area contributed by atoms with Crippen LogP contribution in [0, 0.1) is 34.5 Å². The number of aliphatic hydroxyl groups is 2. The van der Waals surface area contributed by atoms with E-state index >= 15 is 0 Å². The summed E-state index contributed by atoms with van der Waals surface area (Å²) in [5.41, 5.74) is 0.0858. The summed E-state index contributed by atoms with van der Waals surface area (Å²) in [5.74, 6) is 2.95. The Morgan fingerprint density at radius 2 is 1.90 bits per heavy atom. The zero-order valence-electron chi connectivity index (χ0n) is 13.8. The predicted molar refractivity (Wildman–Crippen MR) is 83.8 cm³/mol. The van der Waals surface area contributed by atoms with E-state index in [0.29, 0.717) is 16.7 Å². The van der Waals surface area contributed by atoms with E-state index in [1.54, 1.807) is 0 Å². The highest BCUT2D eigenvalue weighted by molar-refractivity contribution is 5.15. The third kappa shape index (κ3) is 1.78. The van der Waals surface area contributed by atoms with E-state index in [1.165, 1.54) is 44.9 Å². The minimum absolute atomic E-state index is 0.0251. The molecule has 120 valence electrons. The van der Waals surface area contributed by atoms with Gasteiger partial charge >= 0.3 is 0 Å². The van der Waals surface area contributed by atoms with Gasteiger partial charge < -0.3 is 10.2 Å². The topological polar surface area (TPSA) is 40.5 Å². The molecule has 4 saturated carbocycles. The molecule has 7 atom stereocenters. The number of fused-ring (bicyclic) bond motifs is 3. The Kier molecular flexibility index (Phi) is 3.09. The molecular weight excluding hydrogens is 260 g/mol. The molecule has 0 saturated heterocycles. The first kappa shape index (κ1) is 14.5. The van der Waals surface area contributed by atoms with E-state index in [1.807, 2.05) is 0 Å². The first-order chi connectivity index (χ1) is 9.94. The largest absolute Gasteiger partial charge is 0.393 e. The monoisotopic (exact) mass is 292 g/mol. The van der Waals surface area contributed by atoms with Crippen molar-refractivity contribution < 1.29 is 10.2 Å². The molecule has 4 aliphatic carbocycles. The molecule has 4 rings (SSSR count). The number of aliphatic hydroxyl groups excluding tert-OH is 1. The van der Waals surface area contributed by atoms with Crippen LogP contribution in [0.2, 0.25) is 0 Å². The van der Waals surface area contributed by atoms with Gasteiger partial charge in [0.25, 0.3) is 0 Å². The van der Waals surface area contributed by atoms with Crippen molar-refractivity contribution in [1.82, 2.24) is 0 Å². The van der Waals surface area contributed by atoms with Gasteiger partial charge in [0.15, 0.2) is 0 Å². The summed E-state index contributed by atoms with van der Waals surface area (Å²) in [5, 5.41) is 20.6. The second-order valence-electron chi connectivity index (χ2n) is 9.35. The van der Waals surface area contributed by atoms with Gasteiger partial charge in [-0.05, 0) is 79.4 Å². The number of hydrogen-bond acceptors (Lipinski definition) is 2. The summed E-state index contributed by atoms with van der Waals surface area (Å²) >= 11 is 0. The summed E-state index contributed by atoms with van der Waals surface area (Å²) in [4.78, 5) is 0. The van der Waals surface area contributed by atoms with Gasteiger partial charge in [-0.3, -0.25) is 0 Å². The fourth-order valence-electron chi connectivity index (χ4n) is 7.73. The van der Waals surface area contributed by atoms with Crippen LogP contribution < -0.4 is 0 Å². The van der Waals surface area contributed by atoms with Crippen LogP contribution in [-0.4, -0.2) is 22.4 Å². The molecular formula is C19H32O2. The molecule has 0 aromatic rings. The van der Waals surface area contributed by atoms with Gasteiger partial charge in [-0.2, -0.15) is 0 Å². The van der Waals surface area contributed by atoms with Gasteiger partial charge in [-0.1, -0.05) is 26.7 Å². The average molecular weight is 292 g/mol. The van der Waals surface area contributed by atoms with E-state index in [2.05, 4.69) is 13.8 Å². The molecule has 2 bridgehead atoms. The molecule has 4 aliphatic rings. The SMILES string of the molecule is C[C@@H]1CCC[C@@]2(C)[C@H]1CC[C@@]13C[C@@H](CC[C@@H]12)[C@@](O)(CO)C3. The maximum atomic E-state index is 10.9. The molecule has 0 aliphatic heterocycles. The molecule has 0 aromatic heterocycles. The smallest absolute Gasteiger partial charge is 0.0910 e. The highest BCUT2D eigenvalue weighted by Gasteiger charge is 2.65. The van der Waals surface area contributed by atoms with E-state index in [0.717, 1.165) is 30.6 Å². The molecule has 21 heavy (non-hydrogen) atoms. The summed E-state index contributed by atoms with van der Waals surface area (Å²) in [6.45, 7) is 5.03. The molecule has 2 N–H and O–H groups in total. The average Bonchev–Trinajstić information content (AvgIpc) is 2.66. The molecule has 1 spiro atoms. The highest BCUT2D eigenvalue weighted by atomic mass is 16.3. The Bertz CT molecular complexity index is 435. The van der Waals surface area contributed by atoms with Crippen molar-refractivity contribution >= 4 is 0 Å². The van der Waals surface area contributed by atoms with Crippen molar-refractivity contribution in [2.75, 3.05) is 6.61 Å². The molecule has 2 nitrogen and oxygen atoms in total. The Hall–Kier alpha value is -0.0800. The Morgan fingerprint density at radius 1 is 1.10 bits per heavy atom. The maximum absolute atomic E-state index is 10.9. The zero-order valence-corrected chi connectivity index (χ0v) is 13.8. The van der Waals surface area contributed by atoms with Crippen LogP contribution in [0.3, 0.4) is 0 Å². The van der Waals surface area contributed by atoms with Crippen LogP contribution in [0.5, 0.6) is 0 Å². The Labute approximate surface area is 129 Å². The zero-order chi connectivity index (χ0) is 14.9. The normalized spacial score (nSPS) is 59.4. The third-order valence-electron chi connectivity index (χ3n) is 8.55. The fourth-order valence-corrected chi connectivity index (χ4v) is 7.73. The molecule has 0 unspecified atom stereocenters. The van der Waals surface area contributed by atoms with Crippen molar-refractivity contribution in [2.24, 2.45) is 34.5 Å². The number of rotatable bonds is 1. The molecule has 0 radical (unpaired) electrons. The first-order valence-electron chi connectivity index (χ1n) is 9.27. The van der Waals surface area contributed by atoms with Gasteiger partial charge in [0.1, 0.15) is 0 Å². The highest BCUT2D eigenvalue weighted by Crippen LogP contribution is 2.71.